The minimum atomic E-state index is 0.140. The molecule has 0 saturated carbocycles. The monoisotopic (exact) mass is 360 g/mol. The van der Waals surface area contributed by atoms with Crippen molar-refractivity contribution in [2.24, 2.45) is 0 Å². The molecule has 0 radical (unpaired) electrons. The van der Waals surface area contributed by atoms with Crippen molar-refractivity contribution >= 4 is 33.2 Å². The van der Waals surface area contributed by atoms with Crippen LogP contribution in [0.3, 0.4) is 0 Å². The molecule has 1 aliphatic heterocycles. The van der Waals surface area contributed by atoms with Crippen LogP contribution in [0.2, 0.25) is 0 Å². The predicted molar refractivity (Wildman–Crippen MR) is 85.0 cm³/mol. The Bertz CT molecular complexity index is 433. The van der Waals surface area contributed by atoms with Gasteiger partial charge in [-0.1, -0.05) is 0 Å². The molecule has 1 saturated heterocycles. The molecule has 0 bridgehead atoms. The van der Waals surface area contributed by atoms with Crippen molar-refractivity contribution in [3.63, 3.8) is 0 Å². The second kappa shape index (κ2) is 8.12. The van der Waals surface area contributed by atoms with Gasteiger partial charge in [0.25, 0.3) is 0 Å². The Morgan fingerprint density at radius 2 is 2.30 bits per heavy atom. The highest BCUT2D eigenvalue weighted by Gasteiger charge is 2.15. The lowest BCUT2D eigenvalue weighted by Crippen LogP contribution is -2.33. The van der Waals surface area contributed by atoms with Gasteiger partial charge in [0.05, 0.1) is 22.9 Å². The number of rotatable bonds is 6. The molecule has 1 aromatic heterocycles. The summed E-state index contributed by atoms with van der Waals surface area (Å²) in [4.78, 5) is 13.8. The summed E-state index contributed by atoms with van der Waals surface area (Å²) in [5.41, 5.74) is 1.16. The lowest BCUT2D eigenvalue weighted by molar-refractivity contribution is -0.132. The summed E-state index contributed by atoms with van der Waals surface area (Å²) in [5.74, 6) is 0.140. The topological polar surface area (TPSA) is 41.6 Å². The van der Waals surface area contributed by atoms with Crippen molar-refractivity contribution in [2.75, 3.05) is 26.7 Å². The third kappa shape index (κ3) is 5.16. The molecule has 0 atom stereocenters. The van der Waals surface area contributed by atoms with Gasteiger partial charge in [0.1, 0.15) is 0 Å². The fourth-order valence-electron chi connectivity index (χ4n) is 2.26. The van der Waals surface area contributed by atoms with Crippen LogP contribution in [0.4, 0.5) is 0 Å². The summed E-state index contributed by atoms with van der Waals surface area (Å²) < 4.78 is 6.86. The first-order valence-corrected chi connectivity index (χ1v) is 8.61. The van der Waals surface area contributed by atoms with Gasteiger partial charge in [-0.15, -0.1) is 11.3 Å². The highest BCUT2D eigenvalue weighted by Crippen LogP contribution is 2.21. The van der Waals surface area contributed by atoms with Gasteiger partial charge in [-0.2, -0.15) is 0 Å². The normalized spacial score (nSPS) is 16.3. The van der Waals surface area contributed by atoms with Crippen LogP contribution in [0.15, 0.2) is 15.2 Å². The van der Waals surface area contributed by atoms with Gasteiger partial charge in [-0.05, 0) is 58.9 Å². The zero-order valence-corrected chi connectivity index (χ0v) is 14.1. The first-order valence-electron chi connectivity index (χ1n) is 6.94. The average molecular weight is 361 g/mol. The smallest absolute Gasteiger partial charge is 0.224 e. The molecular formula is C14H21BrN2O2S. The first kappa shape index (κ1) is 15.9. The number of thiophene rings is 1. The van der Waals surface area contributed by atoms with E-state index >= 15 is 0 Å². The lowest BCUT2D eigenvalue weighted by atomic mass is 10.1. The molecule has 1 amide bonds. The van der Waals surface area contributed by atoms with Crippen LogP contribution >= 0.6 is 27.3 Å². The highest BCUT2D eigenvalue weighted by atomic mass is 79.9. The molecule has 2 heterocycles. The third-order valence-corrected chi connectivity index (χ3v) is 4.98. The SMILES string of the molecule is CN(Cc1csc(Br)c1)C(=O)CCOC1CCNCC1. The van der Waals surface area contributed by atoms with Crippen molar-refractivity contribution in [3.8, 4) is 0 Å². The molecule has 1 aromatic rings. The molecule has 0 spiro atoms. The Morgan fingerprint density at radius 1 is 1.55 bits per heavy atom. The van der Waals surface area contributed by atoms with E-state index in [0.29, 0.717) is 25.7 Å². The minimum Gasteiger partial charge on any atom is -0.378 e. The second-order valence-corrected chi connectivity index (χ2v) is 7.37. The van der Waals surface area contributed by atoms with Gasteiger partial charge in [0.15, 0.2) is 0 Å². The van der Waals surface area contributed by atoms with E-state index in [1.165, 1.54) is 0 Å². The van der Waals surface area contributed by atoms with Crippen molar-refractivity contribution < 1.29 is 9.53 Å². The fourth-order valence-corrected chi connectivity index (χ4v) is 3.46. The van der Waals surface area contributed by atoms with E-state index in [4.69, 9.17) is 4.74 Å². The van der Waals surface area contributed by atoms with Crippen LogP contribution < -0.4 is 5.32 Å². The summed E-state index contributed by atoms with van der Waals surface area (Å²) in [5, 5.41) is 5.37. The molecule has 1 aliphatic rings. The average Bonchev–Trinajstić information content (AvgIpc) is 2.85. The molecule has 4 nitrogen and oxygen atoms in total. The highest BCUT2D eigenvalue weighted by molar-refractivity contribution is 9.11. The fraction of sp³-hybridized carbons (Fsp3) is 0.643. The second-order valence-electron chi connectivity index (χ2n) is 5.08. The molecule has 0 aliphatic carbocycles. The van der Waals surface area contributed by atoms with E-state index in [0.717, 1.165) is 35.3 Å². The van der Waals surface area contributed by atoms with E-state index in [1.807, 2.05) is 7.05 Å². The molecule has 1 fully saturated rings. The summed E-state index contributed by atoms with van der Waals surface area (Å²) in [6.45, 7) is 3.23. The van der Waals surface area contributed by atoms with Crippen LogP contribution in [0.1, 0.15) is 24.8 Å². The number of carbonyl (C=O) groups is 1. The Hall–Kier alpha value is -0.430. The Balaban J connectivity index is 1.65. The van der Waals surface area contributed by atoms with Crippen LogP contribution in [-0.2, 0) is 16.1 Å². The number of carbonyl (C=O) groups excluding carboxylic acids is 1. The Kier molecular flexibility index (Phi) is 6.48. The first-order chi connectivity index (χ1) is 9.65. The summed E-state index contributed by atoms with van der Waals surface area (Å²) in [6.07, 6.45) is 2.88. The van der Waals surface area contributed by atoms with E-state index < -0.39 is 0 Å². The quantitative estimate of drug-likeness (QED) is 0.847. The van der Waals surface area contributed by atoms with Crippen molar-refractivity contribution in [2.45, 2.75) is 31.9 Å². The Morgan fingerprint density at radius 3 is 2.95 bits per heavy atom. The molecule has 1 N–H and O–H groups in total. The zero-order chi connectivity index (χ0) is 14.4. The molecule has 20 heavy (non-hydrogen) atoms. The number of halogens is 1. The number of nitrogens with zero attached hydrogens (tertiary/aromatic N) is 1. The lowest BCUT2D eigenvalue weighted by Gasteiger charge is -2.23. The maximum Gasteiger partial charge on any atom is 0.224 e. The number of piperidine rings is 1. The summed E-state index contributed by atoms with van der Waals surface area (Å²) in [7, 11) is 1.85. The minimum absolute atomic E-state index is 0.140. The van der Waals surface area contributed by atoms with E-state index in [2.05, 4.69) is 32.7 Å². The maximum absolute atomic E-state index is 12.0. The summed E-state index contributed by atoms with van der Waals surface area (Å²) >= 11 is 5.08. The van der Waals surface area contributed by atoms with Gasteiger partial charge in [-0.3, -0.25) is 4.79 Å². The summed E-state index contributed by atoms with van der Waals surface area (Å²) in [6, 6.07) is 2.06. The molecule has 0 aromatic carbocycles. The van der Waals surface area contributed by atoms with Gasteiger partial charge >= 0.3 is 0 Å². The van der Waals surface area contributed by atoms with Crippen LogP contribution in [0.25, 0.3) is 0 Å². The van der Waals surface area contributed by atoms with Crippen molar-refractivity contribution in [1.29, 1.82) is 0 Å². The van der Waals surface area contributed by atoms with E-state index in [9.17, 15) is 4.79 Å². The largest absolute Gasteiger partial charge is 0.378 e. The van der Waals surface area contributed by atoms with Gasteiger partial charge in [0, 0.05) is 13.6 Å². The molecular weight excluding hydrogens is 340 g/mol. The van der Waals surface area contributed by atoms with Gasteiger partial charge < -0.3 is 15.0 Å². The maximum atomic E-state index is 12.0. The third-order valence-electron chi connectivity index (χ3n) is 3.42. The van der Waals surface area contributed by atoms with Crippen molar-refractivity contribution in [3.05, 3.63) is 20.8 Å². The predicted octanol–water partition coefficient (Wildman–Crippen LogP) is 2.63. The van der Waals surface area contributed by atoms with Gasteiger partial charge in [-0.25, -0.2) is 0 Å². The zero-order valence-electron chi connectivity index (χ0n) is 11.7. The van der Waals surface area contributed by atoms with E-state index in [-0.39, 0.29) is 5.91 Å². The number of hydrogen-bond acceptors (Lipinski definition) is 4. The molecule has 0 unspecified atom stereocenters. The van der Waals surface area contributed by atoms with Crippen LogP contribution in [0, 0.1) is 0 Å². The van der Waals surface area contributed by atoms with Gasteiger partial charge in [0.2, 0.25) is 5.91 Å². The standard InChI is InChI=1S/C14H21BrN2O2S/c1-17(9-11-8-13(15)20-10-11)14(18)4-7-19-12-2-5-16-6-3-12/h8,10,12,16H,2-7,9H2,1H3. The number of nitrogens with one attached hydrogen (secondary N) is 1. The number of ether oxygens (including phenoxy) is 1. The number of hydrogen-bond donors (Lipinski definition) is 1. The van der Waals surface area contributed by atoms with Crippen LogP contribution in [-0.4, -0.2) is 43.7 Å². The molecule has 112 valence electrons. The molecule has 6 heteroatoms. The molecule has 2 rings (SSSR count). The van der Waals surface area contributed by atoms with E-state index in [1.54, 1.807) is 16.2 Å². The van der Waals surface area contributed by atoms with Crippen LogP contribution in [0.5, 0.6) is 0 Å². The Labute approximate surface area is 132 Å². The number of amides is 1. The van der Waals surface area contributed by atoms with Crippen molar-refractivity contribution in [1.82, 2.24) is 10.2 Å².